The van der Waals surface area contributed by atoms with E-state index in [0.29, 0.717) is 24.1 Å². The van der Waals surface area contributed by atoms with Crippen molar-refractivity contribution < 1.29 is 4.42 Å². The van der Waals surface area contributed by atoms with Crippen LogP contribution in [0.1, 0.15) is 30.8 Å². The largest absolute Gasteiger partial charge is 0.444 e. The highest BCUT2D eigenvalue weighted by molar-refractivity contribution is 5.44. The third-order valence-electron chi connectivity index (χ3n) is 2.36. The molecule has 96 valence electrons. The van der Waals surface area contributed by atoms with E-state index >= 15 is 0 Å². The lowest BCUT2D eigenvalue weighted by Gasteiger charge is -2.06. The number of hydrogen-bond donors (Lipinski definition) is 2. The van der Waals surface area contributed by atoms with Crippen LogP contribution in [0.3, 0.4) is 0 Å². The number of nitrogens with one attached hydrogen (secondary N) is 1. The normalized spacial score (nSPS) is 10.6. The van der Waals surface area contributed by atoms with Gasteiger partial charge in [-0.3, -0.25) is 0 Å². The molecule has 6 nitrogen and oxygen atoms in total. The predicted octanol–water partition coefficient (Wildman–Crippen LogP) is 1.92. The number of oxazole rings is 1. The van der Waals surface area contributed by atoms with Crippen molar-refractivity contribution in [3.63, 3.8) is 0 Å². The predicted molar refractivity (Wildman–Crippen MR) is 69.0 cm³/mol. The monoisotopic (exact) mass is 247 g/mol. The highest BCUT2D eigenvalue weighted by Crippen LogP contribution is 2.11. The summed E-state index contributed by atoms with van der Waals surface area (Å²) in [6.45, 7) is 4.42. The van der Waals surface area contributed by atoms with Crippen molar-refractivity contribution in [1.29, 1.82) is 0 Å². The van der Waals surface area contributed by atoms with Crippen molar-refractivity contribution in [1.82, 2.24) is 15.0 Å². The van der Waals surface area contributed by atoms with Crippen LogP contribution in [0.4, 0.5) is 11.6 Å². The second-order valence-corrected chi connectivity index (χ2v) is 4.06. The first-order valence-corrected chi connectivity index (χ1v) is 5.96. The smallest absolute Gasteiger partial charge is 0.213 e. The molecule has 0 radical (unpaired) electrons. The minimum Gasteiger partial charge on any atom is -0.444 e. The highest BCUT2D eigenvalue weighted by atomic mass is 16.4. The van der Waals surface area contributed by atoms with E-state index in [2.05, 4.69) is 27.2 Å². The molecule has 2 heterocycles. The molecule has 0 aliphatic heterocycles. The summed E-state index contributed by atoms with van der Waals surface area (Å²) >= 11 is 0. The fourth-order valence-corrected chi connectivity index (χ4v) is 1.59. The molecule has 6 heteroatoms. The Morgan fingerprint density at radius 3 is 2.89 bits per heavy atom. The number of nitrogens with zero attached hydrogens (tertiary/aromatic N) is 3. The average Bonchev–Trinajstić information content (AvgIpc) is 2.72. The van der Waals surface area contributed by atoms with E-state index in [1.54, 1.807) is 12.3 Å². The Bertz CT molecular complexity index is 523. The number of rotatable bonds is 5. The summed E-state index contributed by atoms with van der Waals surface area (Å²) in [6, 6.07) is 1.70. The van der Waals surface area contributed by atoms with Crippen molar-refractivity contribution >= 4 is 11.6 Å². The second kappa shape index (κ2) is 5.48. The lowest BCUT2D eigenvalue weighted by Crippen LogP contribution is -2.06. The van der Waals surface area contributed by atoms with Crippen LogP contribution < -0.4 is 11.1 Å². The van der Waals surface area contributed by atoms with E-state index in [-0.39, 0.29) is 0 Å². The molecule has 0 fully saturated rings. The molecule has 0 unspecified atom stereocenters. The minimum atomic E-state index is 0.472. The average molecular weight is 247 g/mol. The molecule has 0 saturated carbocycles. The number of aromatic nitrogens is 3. The van der Waals surface area contributed by atoms with E-state index in [4.69, 9.17) is 10.2 Å². The standard InChI is InChI=1S/C12H17N5O/c1-3-4-10-16-9(13)5-11(17-10)14-7-12-15-6-8(2)18-12/h5-6H,3-4,7H2,1-2H3,(H3,13,14,16,17). The van der Waals surface area contributed by atoms with Crippen LogP contribution in [0.5, 0.6) is 0 Å². The first kappa shape index (κ1) is 12.3. The fourth-order valence-electron chi connectivity index (χ4n) is 1.59. The van der Waals surface area contributed by atoms with Gasteiger partial charge in [-0.15, -0.1) is 0 Å². The van der Waals surface area contributed by atoms with Crippen molar-refractivity contribution in [2.24, 2.45) is 0 Å². The van der Waals surface area contributed by atoms with Crippen molar-refractivity contribution in [3.8, 4) is 0 Å². The first-order chi connectivity index (χ1) is 8.67. The Balaban J connectivity index is 2.04. The zero-order valence-electron chi connectivity index (χ0n) is 10.6. The van der Waals surface area contributed by atoms with Crippen LogP contribution in [0.25, 0.3) is 0 Å². The van der Waals surface area contributed by atoms with Crippen LogP contribution in [0.2, 0.25) is 0 Å². The summed E-state index contributed by atoms with van der Waals surface area (Å²) in [6.07, 6.45) is 3.49. The van der Waals surface area contributed by atoms with Gasteiger partial charge in [0, 0.05) is 12.5 Å². The molecule has 2 aromatic heterocycles. The van der Waals surface area contributed by atoms with Gasteiger partial charge in [-0.05, 0) is 13.3 Å². The molecule has 0 saturated heterocycles. The molecule has 2 aromatic rings. The molecule has 0 aromatic carbocycles. The van der Waals surface area contributed by atoms with Crippen molar-refractivity contribution in [3.05, 3.63) is 29.7 Å². The maximum absolute atomic E-state index is 5.73. The van der Waals surface area contributed by atoms with Gasteiger partial charge in [0.2, 0.25) is 5.89 Å². The zero-order valence-corrected chi connectivity index (χ0v) is 10.6. The van der Waals surface area contributed by atoms with Gasteiger partial charge < -0.3 is 15.5 Å². The summed E-state index contributed by atoms with van der Waals surface area (Å²) in [5, 5.41) is 3.13. The van der Waals surface area contributed by atoms with Gasteiger partial charge in [0.15, 0.2) is 0 Å². The quantitative estimate of drug-likeness (QED) is 0.839. The van der Waals surface area contributed by atoms with Gasteiger partial charge in [-0.2, -0.15) is 0 Å². The molecule has 0 spiro atoms. The van der Waals surface area contributed by atoms with Crippen molar-refractivity contribution in [2.45, 2.75) is 33.2 Å². The summed E-state index contributed by atoms with van der Waals surface area (Å²) < 4.78 is 5.36. The molecule has 3 N–H and O–H groups in total. The fraction of sp³-hybridized carbons (Fsp3) is 0.417. The van der Waals surface area contributed by atoms with E-state index in [1.807, 2.05) is 6.92 Å². The number of anilines is 2. The van der Waals surface area contributed by atoms with Gasteiger partial charge in [0.25, 0.3) is 0 Å². The molecule has 0 bridgehead atoms. The number of hydrogen-bond acceptors (Lipinski definition) is 6. The molecule has 0 aliphatic rings. The molecule has 0 amide bonds. The number of nitrogen functional groups attached to an aromatic ring is 1. The third-order valence-corrected chi connectivity index (χ3v) is 2.36. The van der Waals surface area contributed by atoms with E-state index in [0.717, 1.165) is 24.4 Å². The molecule has 2 rings (SSSR count). The summed E-state index contributed by atoms with van der Waals surface area (Å²) in [7, 11) is 0. The Kier molecular flexibility index (Phi) is 3.76. The topological polar surface area (TPSA) is 89.9 Å². The Labute approximate surface area is 106 Å². The zero-order chi connectivity index (χ0) is 13.0. The van der Waals surface area contributed by atoms with E-state index in [1.165, 1.54) is 0 Å². The van der Waals surface area contributed by atoms with Crippen LogP contribution in [-0.4, -0.2) is 15.0 Å². The molecular formula is C12H17N5O. The summed E-state index contributed by atoms with van der Waals surface area (Å²) in [5.74, 6) is 3.34. The minimum absolute atomic E-state index is 0.472. The first-order valence-electron chi connectivity index (χ1n) is 5.96. The van der Waals surface area contributed by atoms with Crippen molar-refractivity contribution in [2.75, 3.05) is 11.1 Å². The van der Waals surface area contributed by atoms with Crippen LogP contribution in [0.15, 0.2) is 16.7 Å². The second-order valence-electron chi connectivity index (χ2n) is 4.06. The van der Waals surface area contributed by atoms with Gasteiger partial charge in [0.1, 0.15) is 23.2 Å². The Hall–Kier alpha value is -2.11. The van der Waals surface area contributed by atoms with Gasteiger partial charge in [0.05, 0.1) is 12.7 Å². The lowest BCUT2D eigenvalue weighted by atomic mass is 10.3. The molecular weight excluding hydrogens is 230 g/mol. The SMILES string of the molecule is CCCc1nc(N)cc(NCc2ncc(C)o2)n1. The van der Waals surface area contributed by atoms with Crippen LogP contribution in [-0.2, 0) is 13.0 Å². The Morgan fingerprint density at radius 1 is 1.39 bits per heavy atom. The highest BCUT2D eigenvalue weighted by Gasteiger charge is 2.04. The van der Waals surface area contributed by atoms with E-state index in [9.17, 15) is 0 Å². The van der Waals surface area contributed by atoms with Crippen LogP contribution in [0, 0.1) is 6.92 Å². The van der Waals surface area contributed by atoms with Crippen LogP contribution >= 0.6 is 0 Å². The number of aryl methyl sites for hydroxylation is 2. The van der Waals surface area contributed by atoms with Gasteiger partial charge in [-0.25, -0.2) is 15.0 Å². The third kappa shape index (κ3) is 3.19. The summed E-state index contributed by atoms with van der Waals surface area (Å²) in [5.41, 5.74) is 5.73. The molecule has 0 aliphatic carbocycles. The maximum Gasteiger partial charge on any atom is 0.213 e. The molecule has 0 atom stereocenters. The van der Waals surface area contributed by atoms with Gasteiger partial charge >= 0.3 is 0 Å². The maximum atomic E-state index is 5.73. The molecule has 18 heavy (non-hydrogen) atoms. The summed E-state index contributed by atoms with van der Waals surface area (Å²) in [4.78, 5) is 12.7. The van der Waals surface area contributed by atoms with Gasteiger partial charge in [-0.1, -0.05) is 6.92 Å². The number of nitrogens with two attached hydrogens (primary N) is 1. The lowest BCUT2D eigenvalue weighted by molar-refractivity contribution is 0.478. The van der Waals surface area contributed by atoms with E-state index < -0.39 is 0 Å². The Morgan fingerprint density at radius 2 is 2.22 bits per heavy atom.